The molecule has 3 rings (SSSR count). The molecule has 0 spiro atoms. The number of benzene rings is 1. The van der Waals surface area contributed by atoms with Gasteiger partial charge in [0.2, 0.25) is 0 Å². The maximum atomic E-state index is 13.9. The number of nitrogens with zero attached hydrogens (tertiary/aromatic N) is 1. The van der Waals surface area contributed by atoms with Crippen molar-refractivity contribution in [3.05, 3.63) is 59.3 Å². The van der Waals surface area contributed by atoms with Crippen LogP contribution in [0.2, 0.25) is 0 Å². The predicted octanol–water partition coefficient (Wildman–Crippen LogP) is 2.51. The van der Waals surface area contributed by atoms with E-state index in [1.54, 1.807) is 29.2 Å². The van der Waals surface area contributed by atoms with Crippen LogP contribution >= 0.6 is 12.4 Å². The number of carbonyl (C=O) groups excluding carboxylic acids is 1. The van der Waals surface area contributed by atoms with Gasteiger partial charge in [-0.25, -0.2) is 4.39 Å². The van der Waals surface area contributed by atoms with Gasteiger partial charge in [0.1, 0.15) is 23.9 Å². The molecule has 0 saturated carbocycles. The molecule has 1 saturated heterocycles. The molecule has 23 heavy (non-hydrogen) atoms. The van der Waals surface area contributed by atoms with Gasteiger partial charge in [-0.1, -0.05) is 18.2 Å². The van der Waals surface area contributed by atoms with Crippen molar-refractivity contribution in [2.75, 3.05) is 19.7 Å². The molecule has 2 aromatic rings. The highest BCUT2D eigenvalue weighted by Gasteiger charge is 2.28. The molecule has 7 heteroatoms. The molecule has 2 N–H and O–H groups in total. The molecule has 1 fully saturated rings. The second-order valence-corrected chi connectivity index (χ2v) is 5.14. The van der Waals surface area contributed by atoms with Gasteiger partial charge in [-0.15, -0.1) is 12.4 Å². The maximum Gasteiger partial charge on any atom is 0.257 e. The van der Waals surface area contributed by atoms with Crippen molar-refractivity contribution < 1.29 is 18.3 Å². The van der Waals surface area contributed by atoms with Crippen LogP contribution in [0.15, 0.2) is 41.0 Å². The number of carbonyl (C=O) groups is 1. The fourth-order valence-corrected chi connectivity index (χ4v) is 2.54. The first kappa shape index (κ1) is 17.5. The first-order valence-electron chi connectivity index (χ1n) is 7.12. The SMILES string of the molecule is Cl.NCc1cc(C(=O)N2CCOC(c3ccccc3F)C2)co1. The molecular formula is C16H18ClFN2O3. The first-order valence-corrected chi connectivity index (χ1v) is 7.12. The number of nitrogens with two attached hydrogens (primary N) is 1. The molecular weight excluding hydrogens is 323 g/mol. The molecule has 1 aliphatic heterocycles. The summed E-state index contributed by atoms with van der Waals surface area (Å²) >= 11 is 0. The lowest BCUT2D eigenvalue weighted by Gasteiger charge is -2.33. The minimum Gasteiger partial charge on any atom is -0.467 e. The van der Waals surface area contributed by atoms with Gasteiger partial charge in [0.15, 0.2) is 0 Å². The number of hydrogen-bond acceptors (Lipinski definition) is 4. The quantitative estimate of drug-likeness (QED) is 0.932. The maximum absolute atomic E-state index is 13.9. The first-order chi connectivity index (χ1) is 10.7. The zero-order chi connectivity index (χ0) is 15.5. The molecule has 1 aromatic carbocycles. The van der Waals surface area contributed by atoms with Crippen LogP contribution in [0.1, 0.15) is 27.8 Å². The van der Waals surface area contributed by atoms with Crippen LogP contribution in [0.5, 0.6) is 0 Å². The van der Waals surface area contributed by atoms with Crippen molar-refractivity contribution >= 4 is 18.3 Å². The molecule has 2 heterocycles. The van der Waals surface area contributed by atoms with Crippen molar-refractivity contribution in [1.82, 2.24) is 4.90 Å². The Kier molecular flexibility index (Phi) is 5.76. The third-order valence-electron chi connectivity index (χ3n) is 3.71. The van der Waals surface area contributed by atoms with E-state index in [1.165, 1.54) is 12.3 Å². The fourth-order valence-electron chi connectivity index (χ4n) is 2.54. The van der Waals surface area contributed by atoms with E-state index < -0.39 is 6.10 Å². The molecule has 1 aliphatic rings. The Bertz CT molecular complexity index is 677. The normalized spacial score (nSPS) is 17.7. The third kappa shape index (κ3) is 3.72. The van der Waals surface area contributed by atoms with Crippen LogP contribution in [0.3, 0.4) is 0 Å². The van der Waals surface area contributed by atoms with Crippen LogP contribution in [0.25, 0.3) is 0 Å². The number of rotatable bonds is 3. The average Bonchev–Trinajstić information content (AvgIpc) is 3.04. The Morgan fingerprint density at radius 1 is 1.39 bits per heavy atom. The van der Waals surface area contributed by atoms with Gasteiger partial charge in [-0.2, -0.15) is 0 Å². The monoisotopic (exact) mass is 340 g/mol. The molecule has 1 amide bonds. The Hall–Kier alpha value is -1.89. The molecule has 1 unspecified atom stereocenters. The summed E-state index contributed by atoms with van der Waals surface area (Å²) in [4.78, 5) is 14.1. The van der Waals surface area contributed by atoms with Gasteiger partial charge in [-0.05, 0) is 12.1 Å². The Labute approximate surface area is 139 Å². The summed E-state index contributed by atoms with van der Waals surface area (Å²) in [6.45, 7) is 1.39. The second-order valence-electron chi connectivity index (χ2n) is 5.14. The van der Waals surface area contributed by atoms with E-state index >= 15 is 0 Å². The van der Waals surface area contributed by atoms with E-state index in [-0.39, 0.29) is 30.7 Å². The van der Waals surface area contributed by atoms with E-state index in [9.17, 15) is 9.18 Å². The van der Waals surface area contributed by atoms with E-state index in [0.29, 0.717) is 36.6 Å². The van der Waals surface area contributed by atoms with Crippen LogP contribution in [0, 0.1) is 5.82 Å². The summed E-state index contributed by atoms with van der Waals surface area (Å²) in [5, 5.41) is 0. The van der Waals surface area contributed by atoms with Gasteiger partial charge in [-0.3, -0.25) is 4.79 Å². The fraction of sp³-hybridized carbons (Fsp3) is 0.312. The van der Waals surface area contributed by atoms with Crippen LogP contribution < -0.4 is 5.73 Å². The minimum absolute atomic E-state index is 0. The Balaban J connectivity index is 0.00000192. The van der Waals surface area contributed by atoms with E-state index in [0.717, 1.165) is 0 Å². The number of amides is 1. The molecule has 1 aromatic heterocycles. The molecule has 0 aliphatic carbocycles. The molecule has 0 radical (unpaired) electrons. The lowest BCUT2D eigenvalue weighted by molar-refractivity contribution is -0.0243. The smallest absolute Gasteiger partial charge is 0.257 e. The van der Waals surface area contributed by atoms with Crippen molar-refractivity contribution in [1.29, 1.82) is 0 Å². The summed E-state index contributed by atoms with van der Waals surface area (Å²) in [5.41, 5.74) is 6.40. The summed E-state index contributed by atoms with van der Waals surface area (Å²) < 4.78 is 24.7. The number of furan rings is 1. The highest BCUT2D eigenvalue weighted by molar-refractivity contribution is 5.94. The standard InChI is InChI=1S/C16H17FN2O3.ClH/c17-14-4-2-1-3-13(14)15-9-19(5-6-21-15)16(20)11-7-12(8-18)22-10-11;/h1-4,7,10,15H,5-6,8-9,18H2;1H. The lowest BCUT2D eigenvalue weighted by Crippen LogP contribution is -2.42. The second kappa shape index (κ2) is 7.59. The highest BCUT2D eigenvalue weighted by atomic mass is 35.5. The van der Waals surface area contributed by atoms with Crippen molar-refractivity contribution in [3.63, 3.8) is 0 Å². The molecule has 0 bridgehead atoms. The predicted molar refractivity (Wildman–Crippen MR) is 84.8 cm³/mol. The Morgan fingerprint density at radius 3 is 2.87 bits per heavy atom. The third-order valence-corrected chi connectivity index (χ3v) is 3.71. The molecule has 5 nitrogen and oxygen atoms in total. The van der Waals surface area contributed by atoms with Gasteiger partial charge in [0.25, 0.3) is 5.91 Å². The number of morpholine rings is 1. The molecule has 1 atom stereocenters. The van der Waals surface area contributed by atoms with Crippen LogP contribution in [-0.4, -0.2) is 30.5 Å². The summed E-state index contributed by atoms with van der Waals surface area (Å²) in [5.74, 6) is 0.0749. The largest absolute Gasteiger partial charge is 0.467 e. The number of halogens is 2. The van der Waals surface area contributed by atoms with Gasteiger partial charge in [0.05, 0.1) is 25.3 Å². The van der Waals surface area contributed by atoms with Crippen molar-refractivity contribution in [3.8, 4) is 0 Å². The number of hydrogen-bond donors (Lipinski definition) is 1. The zero-order valence-electron chi connectivity index (χ0n) is 12.4. The summed E-state index contributed by atoms with van der Waals surface area (Å²) in [7, 11) is 0. The lowest BCUT2D eigenvalue weighted by atomic mass is 10.1. The highest BCUT2D eigenvalue weighted by Crippen LogP contribution is 2.25. The average molecular weight is 341 g/mol. The summed E-state index contributed by atoms with van der Waals surface area (Å²) in [6, 6.07) is 8.09. The summed E-state index contributed by atoms with van der Waals surface area (Å²) in [6.07, 6.45) is 0.942. The molecule has 124 valence electrons. The minimum atomic E-state index is -0.459. The van der Waals surface area contributed by atoms with Crippen molar-refractivity contribution in [2.45, 2.75) is 12.6 Å². The van der Waals surface area contributed by atoms with Gasteiger partial charge in [0, 0.05) is 12.1 Å². The topological polar surface area (TPSA) is 68.7 Å². The van der Waals surface area contributed by atoms with E-state index in [1.807, 2.05) is 0 Å². The van der Waals surface area contributed by atoms with Crippen molar-refractivity contribution in [2.24, 2.45) is 5.73 Å². The van der Waals surface area contributed by atoms with E-state index in [2.05, 4.69) is 0 Å². The van der Waals surface area contributed by atoms with Gasteiger partial charge >= 0.3 is 0 Å². The Morgan fingerprint density at radius 2 is 2.17 bits per heavy atom. The zero-order valence-corrected chi connectivity index (χ0v) is 13.2. The van der Waals surface area contributed by atoms with E-state index in [4.69, 9.17) is 14.9 Å². The van der Waals surface area contributed by atoms with Gasteiger partial charge < -0.3 is 19.8 Å². The number of ether oxygens (including phenoxy) is 1. The van der Waals surface area contributed by atoms with Crippen LogP contribution in [-0.2, 0) is 11.3 Å². The van der Waals surface area contributed by atoms with Crippen LogP contribution in [0.4, 0.5) is 4.39 Å².